The number of ether oxygens (including phenoxy) is 2. The topological polar surface area (TPSA) is 107 Å². The van der Waals surface area contributed by atoms with E-state index in [1.54, 1.807) is 26.0 Å². The van der Waals surface area contributed by atoms with Crippen molar-refractivity contribution >= 4 is 18.0 Å². The molecule has 152 valence electrons. The number of hydrogen-bond acceptors (Lipinski definition) is 6. The van der Waals surface area contributed by atoms with Gasteiger partial charge < -0.3 is 24.5 Å². The van der Waals surface area contributed by atoms with E-state index < -0.39 is 29.8 Å². The van der Waals surface area contributed by atoms with Crippen molar-refractivity contribution in [1.82, 2.24) is 10.6 Å². The van der Waals surface area contributed by atoms with E-state index in [9.17, 15) is 18.8 Å². The summed E-state index contributed by atoms with van der Waals surface area (Å²) in [5.41, 5.74) is 0.484. The van der Waals surface area contributed by atoms with Crippen molar-refractivity contribution in [1.29, 1.82) is 0 Å². The Kier molecular flexibility index (Phi) is 5.96. The molecular weight excluding hydrogens is 383 g/mol. The van der Waals surface area contributed by atoms with Crippen molar-refractivity contribution in [2.45, 2.75) is 19.9 Å². The normalized spacial score (nSPS) is 16.1. The molecule has 1 atom stereocenters. The largest absolute Gasteiger partial charge is 0.463 e. The molecule has 1 aliphatic rings. The highest BCUT2D eigenvalue weighted by atomic mass is 19.1. The van der Waals surface area contributed by atoms with Gasteiger partial charge in [0.15, 0.2) is 0 Å². The van der Waals surface area contributed by atoms with Gasteiger partial charge in [-0.3, -0.25) is 0 Å². The van der Waals surface area contributed by atoms with Crippen LogP contribution in [0.3, 0.4) is 0 Å². The van der Waals surface area contributed by atoms with Gasteiger partial charge in [-0.25, -0.2) is 18.8 Å². The SMILES string of the molecule is CCOC(=O)C1=C(COC(=O)c2ccc(-c3ccccc3F)o2)NC(=O)NC1C. The van der Waals surface area contributed by atoms with Gasteiger partial charge in [-0.05, 0) is 38.1 Å². The second-order valence-electron chi connectivity index (χ2n) is 6.15. The highest BCUT2D eigenvalue weighted by molar-refractivity contribution is 5.95. The van der Waals surface area contributed by atoms with Gasteiger partial charge in [0.25, 0.3) is 0 Å². The number of amides is 2. The molecule has 0 radical (unpaired) electrons. The molecule has 0 fully saturated rings. The monoisotopic (exact) mass is 402 g/mol. The maximum atomic E-state index is 13.9. The van der Waals surface area contributed by atoms with Gasteiger partial charge in [0.1, 0.15) is 18.2 Å². The highest BCUT2D eigenvalue weighted by Crippen LogP contribution is 2.25. The summed E-state index contributed by atoms with van der Waals surface area (Å²) >= 11 is 0. The fourth-order valence-corrected chi connectivity index (χ4v) is 2.86. The molecule has 2 amide bonds. The molecule has 8 nitrogen and oxygen atoms in total. The summed E-state index contributed by atoms with van der Waals surface area (Å²) in [7, 11) is 0. The summed E-state index contributed by atoms with van der Waals surface area (Å²) in [6.45, 7) is 3.05. The van der Waals surface area contributed by atoms with Gasteiger partial charge in [-0.15, -0.1) is 0 Å². The lowest BCUT2D eigenvalue weighted by Crippen LogP contribution is -2.50. The van der Waals surface area contributed by atoms with Crippen molar-refractivity contribution in [2.75, 3.05) is 13.2 Å². The van der Waals surface area contributed by atoms with Crippen LogP contribution in [-0.2, 0) is 14.3 Å². The predicted molar refractivity (Wildman–Crippen MR) is 99.2 cm³/mol. The molecule has 9 heteroatoms. The number of benzene rings is 1. The number of nitrogens with one attached hydrogen (secondary N) is 2. The Morgan fingerprint density at radius 1 is 1.14 bits per heavy atom. The van der Waals surface area contributed by atoms with Crippen molar-refractivity contribution in [2.24, 2.45) is 0 Å². The summed E-state index contributed by atoms with van der Waals surface area (Å²) in [6.07, 6.45) is 0. The van der Waals surface area contributed by atoms with Gasteiger partial charge >= 0.3 is 18.0 Å². The molecule has 0 saturated carbocycles. The Bertz CT molecular complexity index is 981. The molecule has 2 aromatic rings. The lowest BCUT2D eigenvalue weighted by atomic mass is 10.0. The number of carbonyl (C=O) groups is 3. The van der Waals surface area contributed by atoms with E-state index in [2.05, 4.69) is 10.6 Å². The average molecular weight is 402 g/mol. The Morgan fingerprint density at radius 3 is 2.62 bits per heavy atom. The van der Waals surface area contributed by atoms with Gasteiger partial charge in [-0.2, -0.15) is 0 Å². The zero-order chi connectivity index (χ0) is 21.0. The third kappa shape index (κ3) is 4.45. The third-order valence-corrected chi connectivity index (χ3v) is 4.16. The van der Waals surface area contributed by atoms with Crippen molar-refractivity contribution in [3.05, 3.63) is 59.2 Å². The minimum absolute atomic E-state index is 0.119. The molecule has 29 heavy (non-hydrogen) atoms. The van der Waals surface area contributed by atoms with Crippen LogP contribution in [-0.4, -0.2) is 37.2 Å². The number of urea groups is 1. The molecule has 1 aromatic heterocycles. The third-order valence-electron chi connectivity index (χ3n) is 4.16. The molecular formula is C20H19FN2O6. The van der Waals surface area contributed by atoms with Crippen molar-refractivity contribution < 1.29 is 32.7 Å². The molecule has 1 aromatic carbocycles. The second kappa shape index (κ2) is 8.59. The first kappa shape index (κ1) is 20.1. The quantitative estimate of drug-likeness (QED) is 0.720. The van der Waals surface area contributed by atoms with E-state index in [0.29, 0.717) is 0 Å². The summed E-state index contributed by atoms with van der Waals surface area (Å²) in [4.78, 5) is 36.2. The first-order valence-corrected chi connectivity index (χ1v) is 8.90. The average Bonchev–Trinajstić information content (AvgIpc) is 3.16. The van der Waals surface area contributed by atoms with Crippen LogP contribution in [0.25, 0.3) is 11.3 Å². The van der Waals surface area contributed by atoms with Crippen molar-refractivity contribution in [3.8, 4) is 11.3 Å². The van der Waals surface area contributed by atoms with Gasteiger partial charge in [0, 0.05) is 0 Å². The molecule has 0 saturated heterocycles. The number of esters is 2. The van der Waals surface area contributed by atoms with Crippen LogP contribution >= 0.6 is 0 Å². The summed E-state index contributed by atoms with van der Waals surface area (Å²) in [5.74, 6) is -1.92. The van der Waals surface area contributed by atoms with E-state index in [4.69, 9.17) is 13.9 Å². The summed E-state index contributed by atoms with van der Waals surface area (Å²) < 4.78 is 29.4. The van der Waals surface area contributed by atoms with Crippen LogP contribution in [0.5, 0.6) is 0 Å². The smallest absolute Gasteiger partial charge is 0.374 e. The predicted octanol–water partition coefficient (Wildman–Crippen LogP) is 2.76. The molecule has 1 aliphatic heterocycles. The van der Waals surface area contributed by atoms with Crippen LogP contribution in [0.15, 0.2) is 52.1 Å². The van der Waals surface area contributed by atoms with Crippen LogP contribution in [0.4, 0.5) is 9.18 Å². The van der Waals surface area contributed by atoms with E-state index in [0.717, 1.165) is 0 Å². The molecule has 1 unspecified atom stereocenters. The fraction of sp³-hybridized carbons (Fsp3) is 0.250. The van der Waals surface area contributed by atoms with Gasteiger partial charge in [-0.1, -0.05) is 12.1 Å². The van der Waals surface area contributed by atoms with E-state index >= 15 is 0 Å². The molecule has 2 heterocycles. The first-order chi connectivity index (χ1) is 13.9. The van der Waals surface area contributed by atoms with E-state index in [1.807, 2.05) is 0 Å². The number of furan rings is 1. The molecule has 0 spiro atoms. The fourth-order valence-electron chi connectivity index (χ4n) is 2.86. The van der Waals surface area contributed by atoms with Crippen LogP contribution in [0.2, 0.25) is 0 Å². The summed E-state index contributed by atoms with van der Waals surface area (Å²) in [6, 6.07) is 7.64. The molecule has 0 bridgehead atoms. The van der Waals surface area contributed by atoms with Crippen LogP contribution in [0.1, 0.15) is 24.4 Å². The lowest BCUT2D eigenvalue weighted by Gasteiger charge is -2.26. The Hall–Kier alpha value is -3.62. The number of carbonyl (C=O) groups excluding carboxylic acids is 3. The van der Waals surface area contributed by atoms with E-state index in [-0.39, 0.29) is 41.6 Å². The maximum absolute atomic E-state index is 13.9. The Balaban J connectivity index is 1.75. The second-order valence-corrected chi connectivity index (χ2v) is 6.15. The molecule has 2 N–H and O–H groups in total. The molecule has 0 aliphatic carbocycles. The summed E-state index contributed by atoms with van der Waals surface area (Å²) in [5, 5.41) is 4.99. The minimum atomic E-state index is -0.830. The highest BCUT2D eigenvalue weighted by Gasteiger charge is 2.30. The maximum Gasteiger partial charge on any atom is 0.374 e. The number of halogens is 1. The Labute approximate surface area is 165 Å². The van der Waals surface area contributed by atoms with E-state index in [1.165, 1.54) is 24.3 Å². The van der Waals surface area contributed by atoms with Crippen molar-refractivity contribution in [3.63, 3.8) is 0 Å². The zero-order valence-electron chi connectivity index (χ0n) is 15.8. The van der Waals surface area contributed by atoms with Gasteiger partial charge in [0.2, 0.25) is 5.76 Å². The number of rotatable bonds is 6. The number of hydrogen-bond donors (Lipinski definition) is 2. The standard InChI is InChI=1S/C20H19FN2O6/c1-3-27-19(25)17-11(2)22-20(26)23-14(17)10-28-18(24)16-9-8-15(29-16)12-6-4-5-7-13(12)21/h4-9,11H,3,10H2,1-2H3,(H2,22,23,26). The van der Waals surface area contributed by atoms with Crippen LogP contribution < -0.4 is 10.6 Å². The molecule has 3 rings (SSSR count). The zero-order valence-corrected chi connectivity index (χ0v) is 15.8. The minimum Gasteiger partial charge on any atom is -0.463 e. The first-order valence-electron chi connectivity index (χ1n) is 8.90. The lowest BCUT2D eigenvalue weighted by molar-refractivity contribution is -0.139. The van der Waals surface area contributed by atoms with Gasteiger partial charge in [0.05, 0.1) is 29.5 Å². The Morgan fingerprint density at radius 2 is 1.90 bits per heavy atom. The van der Waals surface area contributed by atoms with Crippen LogP contribution in [0, 0.1) is 5.82 Å².